The normalized spacial score (nSPS) is 20.1. The quantitative estimate of drug-likeness (QED) is 0.760. The molecule has 0 saturated carbocycles. The molecule has 140 valence electrons. The average Bonchev–Trinajstić information content (AvgIpc) is 2.68. The monoisotopic (exact) mass is 367 g/mol. The van der Waals surface area contributed by atoms with Crippen LogP contribution in [-0.2, 0) is 6.54 Å². The molecule has 1 saturated heterocycles. The van der Waals surface area contributed by atoms with Gasteiger partial charge in [0.05, 0.1) is 19.7 Å². The Labute approximate surface area is 158 Å². The van der Waals surface area contributed by atoms with Crippen LogP contribution in [0.5, 0.6) is 5.75 Å². The fourth-order valence-electron chi connectivity index (χ4n) is 3.19. The van der Waals surface area contributed by atoms with Crippen molar-refractivity contribution in [3.63, 3.8) is 0 Å². The Kier molecular flexibility index (Phi) is 5.90. The van der Waals surface area contributed by atoms with Gasteiger partial charge >= 0.3 is 0 Å². The molecule has 1 atom stereocenters. The highest BCUT2D eigenvalue weighted by molar-refractivity contribution is 6.03. The molecule has 0 spiro atoms. The minimum atomic E-state index is -0.329. The molecule has 1 aliphatic heterocycles. The standard InChI is InChI=1S/C20H22FN5O/c1-14-18(12-22-2)19(25-13-20-23-6-4-7-24-20)5-8-26(14)16-9-15(21)10-17(11-16)27-3/h4,6-7,9-12,14H,2,5,8,13H2,1,3H3. The molecular formula is C20H22FN5O. The Morgan fingerprint density at radius 2 is 2.11 bits per heavy atom. The molecule has 0 N–H and O–H groups in total. The van der Waals surface area contributed by atoms with E-state index in [1.165, 1.54) is 19.2 Å². The first-order chi connectivity index (χ1) is 13.1. The fourth-order valence-corrected chi connectivity index (χ4v) is 3.19. The van der Waals surface area contributed by atoms with Crippen LogP contribution in [0.2, 0.25) is 0 Å². The highest BCUT2D eigenvalue weighted by Gasteiger charge is 2.28. The number of nitrogens with zero attached hydrogens (tertiary/aromatic N) is 5. The summed E-state index contributed by atoms with van der Waals surface area (Å²) in [5, 5.41) is 0. The van der Waals surface area contributed by atoms with E-state index in [1.807, 2.05) is 13.0 Å². The van der Waals surface area contributed by atoms with Gasteiger partial charge < -0.3 is 9.64 Å². The van der Waals surface area contributed by atoms with Gasteiger partial charge in [-0.3, -0.25) is 9.98 Å². The lowest BCUT2D eigenvalue weighted by atomic mass is 9.94. The molecule has 0 amide bonds. The summed E-state index contributed by atoms with van der Waals surface area (Å²) in [5.41, 5.74) is 2.66. The third-order valence-corrected chi connectivity index (χ3v) is 4.52. The van der Waals surface area contributed by atoms with Crippen molar-refractivity contribution in [2.75, 3.05) is 18.6 Å². The third-order valence-electron chi connectivity index (χ3n) is 4.52. The number of hydrogen-bond donors (Lipinski definition) is 0. The number of anilines is 1. The van der Waals surface area contributed by atoms with Crippen molar-refractivity contribution in [1.29, 1.82) is 0 Å². The zero-order valence-corrected chi connectivity index (χ0v) is 15.5. The van der Waals surface area contributed by atoms with Gasteiger partial charge in [0.25, 0.3) is 0 Å². The van der Waals surface area contributed by atoms with Gasteiger partial charge in [0, 0.05) is 60.7 Å². The van der Waals surface area contributed by atoms with Crippen LogP contribution < -0.4 is 9.64 Å². The summed E-state index contributed by atoms with van der Waals surface area (Å²) in [7, 11) is 1.53. The van der Waals surface area contributed by atoms with E-state index in [0.29, 0.717) is 31.1 Å². The Morgan fingerprint density at radius 1 is 1.33 bits per heavy atom. The van der Waals surface area contributed by atoms with Gasteiger partial charge in [-0.2, -0.15) is 0 Å². The molecule has 1 aromatic heterocycles. The molecule has 0 aliphatic carbocycles. The number of aromatic nitrogens is 2. The molecule has 3 rings (SSSR count). The van der Waals surface area contributed by atoms with Gasteiger partial charge in [-0.25, -0.2) is 14.4 Å². The van der Waals surface area contributed by atoms with Crippen LogP contribution in [-0.4, -0.2) is 42.1 Å². The zero-order valence-electron chi connectivity index (χ0n) is 15.5. The lowest BCUT2D eigenvalue weighted by Crippen LogP contribution is -2.43. The van der Waals surface area contributed by atoms with E-state index in [4.69, 9.17) is 9.73 Å². The van der Waals surface area contributed by atoms with E-state index in [1.54, 1.807) is 24.7 Å². The van der Waals surface area contributed by atoms with Crippen molar-refractivity contribution < 1.29 is 9.13 Å². The van der Waals surface area contributed by atoms with Crippen LogP contribution in [0.15, 0.2) is 58.4 Å². The maximum Gasteiger partial charge on any atom is 0.149 e. The van der Waals surface area contributed by atoms with Crippen LogP contribution in [0.1, 0.15) is 19.2 Å². The Morgan fingerprint density at radius 3 is 2.81 bits per heavy atom. The number of aliphatic imine (C=N–C) groups is 2. The molecule has 1 aromatic carbocycles. The van der Waals surface area contributed by atoms with Crippen LogP contribution in [0.4, 0.5) is 10.1 Å². The second-order valence-corrected chi connectivity index (χ2v) is 6.16. The molecule has 7 heteroatoms. The highest BCUT2D eigenvalue weighted by Crippen LogP contribution is 2.30. The number of rotatable bonds is 5. The molecule has 1 unspecified atom stereocenters. The highest BCUT2D eigenvalue weighted by atomic mass is 19.1. The van der Waals surface area contributed by atoms with E-state index in [0.717, 1.165) is 17.0 Å². The minimum absolute atomic E-state index is 0.0359. The summed E-state index contributed by atoms with van der Waals surface area (Å²) < 4.78 is 19.1. The summed E-state index contributed by atoms with van der Waals surface area (Å²) in [4.78, 5) is 19.2. The lowest BCUT2D eigenvalue weighted by molar-refractivity contribution is 0.411. The van der Waals surface area contributed by atoms with Crippen LogP contribution in [0, 0.1) is 5.82 Å². The van der Waals surface area contributed by atoms with Crippen molar-refractivity contribution in [3.8, 4) is 5.75 Å². The van der Waals surface area contributed by atoms with E-state index in [-0.39, 0.29) is 11.9 Å². The number of piperidine rings is 1. The van der Waals surface area contributed by atoms with Crippen molar-refractivity contribution in [1.82, 2.24) is 9.97 Å². The third kappa shape index (κ3) is 4.36. The lowest BCUT2D eigenvalue weighted by Gasteiger charge is -2.38. The maximum atomic E-state index is 13.9. The number of ether oxygens (including phenoxy) is 1. The Balaban J connectivity index is 1.86. The Bertz CT molecular complexity index is 866. The molecule has 1 fully saturated rings. The van der Waals surface area contributed by atoms with Gasteiger partial charge in [-0.1, -0.05) is 0 Å². The topological polar surface area (TPSA) is 63.0 Å². The molecule has 2 aromatic rings. The van der Waals surface area contributed by atoms with Crippen molar-refractivity contribution in [2.24, 2.45) is 9.98 Å². The van der Waals surface area contributed by atoms with Gasteiger partial charge in [-0.05, 0) is 25.8 Å². The van der Waals surface area contributed by atoms with E-state index < -0.39 is 0 Å². The fraction of sp³-hybridized carbons (Fsp3) is 0.300. The van der Waals surface area contributed by atoms with Crippen molar-refractivity contribution in [3.05, 3.63) is 60.1 Å². The zero-order chi connectivity index (χ0) is 19.2. The number of methoxy groups -OCH3 is 1. The van der Waals surface area contributed by atoms with E-state index >= 15 is 0 Å². The first-order valence-corrected chi connectivity index (χ1v) is 8.69. The first-order valence-electron chi connectivity index (χ1n) is 8.69. The largest absolute Gasteiger partial charge is 0.497 e. The molecule has 1 aliphatic rings. The predicted octanol–water partition coefficient (Wildman–Crippen LogP) is 3.45. The average molecular weight is 367 g/mol. The van der Waals surface area contributed by atoms with Gasteiger partial charge in [0.15, 0.2) is 0 Å². The summed E-state index contributed by atoms with van der Waals surface area (Å²) in [5.74, 6) is 0.829. The summed E-state index contributed by atoms with van der Waals surface area (Å²) >= 11 is 0. The van der Waals surface area contributed by atoms with Crippen molar-refractivity contribution in [2.45, 2.75) is 25.9 Å². The molecule has 0 bridgehead atoms. The van der Waals surface area contributed by atoms with Gasteiger partial charge in [0.1, 0.15) is 17.4 Å². The van der Waals surface area contributed by atoms with Crippen LogP contribution >= 0.6 is 0 Å². The predicted molar refractivity (Wildman–Crippen MR) is 105 cm³/mol. The molecule has 0 radical (unpaired) electrons. The summed E-state index contributed by atoms with van der Waals surface area (Å²) in [6.45, 7) is 6.73. The van der Waals surface area contributed by atoms with E-state index in [2.05, 4.69) is 26.6 Å². The van der Waals surface area contributed by atoms with Crippen LogP contribution in [0.25, 0.3) is 0 Å². The number of halogens is 1. The molecular weight excluding hydrogens is 345 g/mol. The second-order valence-electron chi connectivity index (χ2n) is 6.16. The minimum Gasteiger partial charge on any atom is -0.497 e. The molecule has 6 nitrogen and oxygen atoms in total. The second kappa shape index (κ2) is 8.53. The number of benzene rings is 1. The molecule has 2 heterocycles. The van der Waals surface area contributed by atoms with Crippen LogP contribution in [0.3, 0.4) is 0 Å². The first kappa shape index (κ1) is 18.7. The summed E-state index contributed by atoms with van der Waals surface area (Å²) in [6.07, 6.45) is 5.83. The smallest absolute Gasteiger partial charge is 0.149 e. The molecule has 27 heavy (non-hydrogen) atoms. The summed E-state index contributed by atoms with van der Waals surface area (Å²) in [6, 6.07) is 6.45. The SMILES string of the molecule is C=NC=C1C(=NCc2ncccn2)CCN(c2cc(F)cc(OC)c2)C1C. The number of hydrogen-bond acceptors (Lipinski definition) is 6. The van der Waals surface area contributed by atoms with E-state index in [9.17, 15) is 4.39 Å². The van der Waals surface area contributed by atoms with Crippen molar-refractivity contribution >= 4 is 18.1 Å². The Hall–Kier alpha value is -3.09. The van der Waals surface area contributed by atoms with Gasteiger partial charge in [-0.15, -0.1) is 0 Å². The van der Waals surface area contributed by atoms with Gasteiger partial charge in [0.2, 0.25) is 0 Å². The maximum absolute atomic E-state index is 13.9.